The maximum atomic E-state index is 4.54. The first-order chi connectivity index (χ1) is 5.68. The number of aliphatic imine (C=N–C) groups is 1. The Bertz CT molecular complexity index is 286. The second-order valence-corrected chi connectivity index (χ2v) is 3.58. The lowest BCUT2D eigenvalue weighted by Gasteiger charge is -2.24. The van der Waals surface area contributed by atoms with Crippen molar-refractivity contribution in [3.8, 4) is 0 Å². The molecule has 12 heavy (non-hydrogen) atoms. The first-order valence-corrected chi connectivity index (χ1v) is 4.41. The van der Waals surface area contributed by atoms with E-state index in [4.69, 9.17) is 0 Å². The van der Waals surface area contributed by atoms with Crippen LogP contribution >= 0.6 is 0 Å². The summed E-state index contributed by atoms with van der Waals surface area (Å²) in [4.78, 5) is 6.79. The summed E-state index contributed by atoms with van der Waals surface area (Å²) in [6.07, 6.45) is 6.38. The third kappa shape index (κ3) is 0.986. The lowest BCUT2D eigenvalue weighted by molar-refractivity contribution is 0.419. The Labute approximate surface area is 73.3 Å². The molecule has 0 spiro atoms. The van der Waals surface area contributed by atoms with Gasteiger partial charge in [0.05, 0.1) is 12.1 Å². The van der Waals surface area contributed by atoms with Gasteiger partial charge in [0.25, 0.3) is 0 Å². The van der Waals surface area contributed by atoms with Crippen LogP contribution < -0.4 is 0 Å². The van der Waals surface area contributed by atoms with Crippen LogP contribution in [0.25, 0.3) is 0 Å². The van der Waals surface area contributed by atoms with Gasteiger partial charge < -0.3 is 4.90 Å². The molecule has 0 aromatic carbocycles. The Morgan fingerprint density at radius 1 is 1.33 bits per heavy atom. The average Bonchev–Trinajstić information content (AvgIpc) is 2.31. The largest absolute Gasteiger partial charge is 0.328 e. The predicted octanol–water partition coefficient (Wildman–Crippen LogP) is 1.95. The monoisotopic (exact) mass is 162 g/mol. The minimum atomic E-state index is 0.423. The van der Waals surface area contributed by atoms with Crippen LogP contribution in [0, 0.1) is 0 Å². The van der Waals surface area contributed by atoms with Crippen molar-refractivity contribution in [1.82, 2.24) is 4.90 Å². The molecule has 0 N–H and O–H groups in total. The molecule has 2 heterocycles. The second-order valence-electron chi connectivity index (χ2n) is 3.58. The lowest BCUT2D eigenvalue weighted by atomic mass is 10.1. The maximum absolute atomic E-state index is 4.54. The highest BCUT2D eigenvalue weighted by Gasteiger charge is 2.28. The van der Waals surface area contributed by atoms with Crippen LogP contribution in [0.15, 0.2) is 28.9 Å². The van der Waals surface area contributed by atoms with Gasteiger partial charge in [0, 0.05) is 6.20 Å². The van der Waals surface area contributed by atoms with E-state index in [9.17, 15) is 0 Å². The van der Waals surface area contributed by atoms with E-state index in [1.165, 1.54) is 5.57 Å². The Balaban J connectivity index is 2.33. The van der Waals surface area contributed by atoms with Gasteiger partial charge in [0.2, 0.25) is 0 Å². The molecular weight excluding hydrogens is 148 g/mol. The van der Waals surface area contributed by atoms with E-state index in [0.717, 1.165) is 5.84 Å². The zero-order valence-corrected chi connectivity index (χ0v) is 7.78. The zero-order chi connectivity index (χ0) is 8.72. The van der Waals surface area contributed by atoms with Crippen molar-refractivity contribution < 1.29 is 0 Å². The molecule has 0 aliphatic carbocycles. The molecule has 2 rings (SSSR count). The number of allylic oxidation sites excluding steroid dienone is 2. The molecule has 0 aromatic heterocycles. The van der Waals surface area contributed by atoms with Crippen molar-refractivity contribution >= 4 is 5.84 Å². The molecule has 0 aromatic rings. The van der Waals surface area contributed by atoms with Crippen LogP contribution in [0.3, 0.4) is 0 Å². The summed E-state index contributed by atoms with van der Waals surface area (Å²) in [5.41, 5.74) is 1.30. The Kier molecular flexibility index (Phi) is 1.56. The smallest absolute Gasteiger partial charge is 0.128 e. The predicted molar refractivity (Wildman–Crippen MR) is 51.1 cm³/mol. The van der Waals surface area contributed by atoms with Crippen molar-refractivity contribution in [3.63, 3.8) is 0 Å². The van der Waals surface area contributed by atoms with Gasteiger partial charge in [-0.25, -0.2) is 0 Å². The standard InChI is InChI=1S/C10H14N2/c1-7-4-5-10-11-8(2)9(3)12(10)6-7/h4-6,8-9H,1-3H3. The number of hydrogen-bond donors (Lipinski definition) is 0. The van der Waals surface area contributed by atoms with Crippen molar-refractivity contribution in [2.75, 3.05) is 0 Å². The van der Waals surface area contributed by atoms with Gasteiger partial charge in [-0.3, -0.25) is 4.99 Å². The summed E-state index contributed by atoms with van der Waals surface area (Å²) in [5, 5.41) is 0. The van der Waals surface area contributed by atoms with Crippen LogP contribution in [-0.2, 0) is 0 Å². The highest BCUT2D eigenvalue weighted by Crippen LogP contribution is 2.22. The van der Waals surface area contributed by atoms with Crippen molar-refractivity contribution in [1.29, 1.82) is 0 Å². The maximum Gasteiger partial charge on any atom is 0.128 e. The molecule has 0 saturated heterocycles. The van der Waals surface area contributed by atoms with Crippen LogP contribution in [0.1, 0.15) is 20.8 Å². The molecule has 2 aliphatic heterocycles. The fourth-order valence-electron chi connectivity index (χ4n) is 1.61. The van der Waals surface area contributed by atoms with Crippen LogP contribution in [0.2, 0.25) is 0 Å². The third-order valence-corrected chi connectivity index (χ3v) is 2.58. The van der Waals surface area contributed by atoms with Crippen LogP contribution in [-0.4, -0.2) is 22.8 Å². The number of rotatable bonds is 0. The fourth-order valence-corrected chi connectivity index (χ4v) is 1.61. The van der Waals surface area contributed by atoms with Gasteiger partial charge in [0.15, 0.2) is 0 Å². The quantitative estimate of drug-likeness (QED) is 0.531. The Morgan fingerprint density at radius 3 is 2.83 bits per heavy atom. The summed E-state index contributed by atoms with van der Waals surface area (Å²) in [6, 6.07) is 0.937. The fraction of sp³-hybridized carbons (Fsp3) is 0.500. The molecule has 0 bridgehead atoms. The first kappa shape index (κ1) is 7.59. The van der Waals surface area contributed by atoms with E-state index in [1.54, 1.807) is 0 Å². The Morgan fingerprint density at radius 2 is 2.08 bits per heavy atom. The molecule has 2 nitrogen and oxygen atoms in total. The highest BCUT2D eigenvalue weighted by atomic mass is 15.3. The minimum Gasteiger partial charge on any atom is -0.328 e. The van der Waals surface area contributed by atoms with E-state index < -0.39 is 0 Å². The summed E-state index contributed by atoms with van der Waals surface area (Å²) in [7, 11) is 0. The van der Waals surface area contributed by atoms with E-state index >= 15 is 0 Å². The van der Waals surface area contributed by atoms with Gasteiger partial charge in [-0.15, -0.1) is 0 Å². The molecular formula is C10H14N2. The summed E-state index contributed by atoms with van der Waals surface area (Å²) >= 11 is 0. The van der Waals surface area contributed by atoms with Crippen LogP contribution in [0.5, 0.6) is 0 Å². The van der Waals surface area contributed by atoms with E-state index in [1.807, 2.05) is 0 Å². The SMILES string of the molecule is CC1=CN2C(=NC(C)C2C)C=C1. The summed E-state index contributed by atoms with van der Waals surface area (Å²) in [5.74, 6) is 1.11. The number of hydrogen-bond acceptors (Lipinski definition) is 2. The normalized spacial score (nSPS) is 33.1. The first-order valence-electron chi connectivity index (χ1n) is 4.41. The molecule has 2 atom stereocenters. The molecule has 2 aliphatic rings. The molecule has 0 amide bonds. The molecule has 2 heteroatoms. The van der Waals surface area contributed by atoms with Gasteiger partial charge in [-0.2, -0.15) is 0 Å². The number of fused-ring (bicyclic) bond motifs is 1. The zero-order valence-electron chi connectivity index (χ0n) is 7.78. The summed E-state index contributed by atoms with van der Waals surface area (Å²) < 4.78 is 0. The van der Waals surface area contributed by atoms with Crippen molar-refractivity contribution in [3.05, 3.63) is 23.9 Å². The molecule has 0 radical (unpaired) electrons. The van der Waals surface area contributed by atoms with Crippen LogP contribution in [0.4, 0.5) is 0 Å². The topological polar surface area (TPSA) is 15.6 Å². The molecule has 0 fully saturated rings. The lowest BCUT2D eigenvalue weighted by Crippen LogP contribution is -2.32. The van der Waals surface area contributed by atoms with E-state index in [0.29, 0.717) is 12.1 Å². The molecule has 64 valence electrons. The minimum absolute atomic E-state index is 0.423. The van der Waals surface area contributed by atoms with Crippen molar-refractivity contribution in [2.45, 2.75) is 32.9 Å². The van der Waals surface area contributed by atoms with Crippen molar-refractivity contribution in [2.24, 2.45) is 4.99 Å². The third-order valence-electron chi connectivity index (χ3n) is 2.58. The molecule has 2 unspecified atom stereocenters. The number of nitrogens with zero attached hydrogens (tertiary/aromatic N) is 2. The van der Waals surface area contributed by atoms with Gasteiger partial charge >= 0.3 is 0 Å². The Hall–Kier alpha value is -1.05. The van der Waals surface area contributed by atoms with Gasteiger partial charge in [-0.05, 0) is 32.4 Å². The van der Waals surface area contributed by atoms with Gasteiger partial charge in [-0.1, -0.05) is 6.08 Å². The number of amidine groups is 1. The average molecular weight is 162 g/mol. The van der Waals surface area contributed by atoms with E-state index in [-0.39, 0.29) is 0 Å². The second kappa shape index (κ2) is 2.47. The van der Waals surface area contributed by atoms with Gasteiger partial charge in [0.1, 0.15) is 5.84 Å². The summed E-state index contributed by atoms with van der Waals surface area (Å²) in [6.45, 7) is 6.49. The highest BCUT2D eigenvalue weighted by molar-refractivity contribution is 5.96. The van der Waals surface area contributed by atoms with E-state index in [2.05, 4.69) is 49.0 Å². The molecule has 0 saturated carbocycles.